The summed E-state index contributed by atoms with van der Waals surface area (Å²) in [7, 11) is 0. The Morgan fingerprint density at radius 3 is 2.69 bits per heavy atom. The second-order valence-corrected chi connectivity index (χ2v) is 4.80. The maximum atomic E-state index is 11.6. The van der Waals surface area contributed by atoms with Gasteiger partial charge in [0.2, 0.25) is 5.91 Å². The Hall–Kier alpha value is -1.01. The Morgan fingerprint density at radius 2 is 2.12 bits per heavy atom. The smallest absolute Gasteiger partial charge is 0.234 e. The van der Waals surface area contributed by atoms with Crippen molar-refractivity contribution < 1.29 is 4.79 Å². The molecule has 0 bridgehead atoms. The number of carbonyl (C=O) groups is 1. The standard InChI is InChI=1S/C13H20N2O/c1-2-4-13(16)15-9-6-11(7-10-15)12-5-3-8-14-12/h1,11-12,14H,3-10H2. The van der Waals surface area contributed by atoms with Crippen molar-refractivity contribution in [2.24, 2.45) is 5.92 Å². The van der Waals surface area contributed by atoms with Gasteiger partial charge in [0.1, 0.15) is 0 Å². The summed E-state index contributed by atoms with van der Waals surface area (Å²) in [6.07, 6.45) is 10.3. The fourth-order valence-corrected chi connectivity index (χ4v) is 2.86. The lowest BCUT2D eigenvalue weighted by atomic mass is 9.88. The molecule has 0 saturated carbocycles. The highest BCUT2D eigenvalue weighted by atomic mass is 16.2. The van der Waals surface area contributed by atoms with Gasteiger partial charge >= 0.3 is 0 Å². The number of nitrogens with zero attached hydrogens (tertiary/aromatic N) is 1. The Labute approximate surface area is 97.6 Å². The minimum atomic E-state index is 0.125. The first-order valence-electron chi connectivity index (χ1n) is 6.26. The normalized spacial score (nSPS) is 26.7. The second kappa shape index (κ2) is 5.36. The Kier molecular flexibility index (Phi) is 3.84. The van der Waals surface area contributed by atoms with E-state index in [1.807, 2.05) is 4.90 Å². The minimum absolute atomic E-state index is 0.125. The van der Waals surface area contributed by atoms with Crippen LogP contribution in [0.1, 0.15) is 32.1 Å². The molecule has 2 fully saturated rings. The number of terminal acetylenes is 1. The van der Waals surface area contributed by atoms with Crippen molar-refractivity contribution in [2.45, 2.75) is 38.1 Å². The first-order chi connectivity index (χ1) is 7.81. The molecule has 2 saturated heterocycles. The van der Waals surface area contributed by atoms with Crippen LogP contribution in [-0.2, 0) is 4.79 Å². The van der Waals surface area contributed by atoms with Crippen LogP contribution in [0.3, 0.4) is 0 Å². The molecule has 1 N–H and O–H groups in total. The van der Waals surface area contributed by atoms with E-state index in [1.165, 1.54) is 19.4 Å². The molecule has 0 radical (unpaired) electrons. The van der Waals surface area contributed by atoms with Crippen molar-refractivity contribution in [2.75, 3.05) is 19.6 Å². The van der Waals surface area contributed by atoms with Crippen LogP contribution < -0.4 is 5.32 Å². The lowest BCUT2D eigenvalue weighted by Crippen LogP contribution is -2.43. The highest BCUT2D eigenvalue weighted by Crippen LogP contribution is 2.25. The largest absolute Gasteiger partial charge is 0.342 e. The zero-order chi connectivity index (χ0) is 11.4. The molecular formula is C13H20N2O. The van der Waals surface area contributed by atoms with Crippen molar-refractivity contribution in [3.63, 3.8) is 0 Å². The van der Waals surface area contributed by atoms with Gasteiger partial charge in [-0.1, -0.05) is 5.92 Å². The number of carbonyl (C=O) groups excluding carboxylic acids is 1. The molecule has 0 aliphatic carbocycles. The summed E-state index contributed by atoms with van der Waals surface area (Å²) in [4.78, 5) is 13.5. The third-order valence-electron chi connectivity index (χ3n) is 3.81. The van der Waals surface area contributed by atoms with Gasteiger partial charge in [0.25, 0.3) is 0 Å². The fourth-order valence-electron chi connectivity index (χ4n) is 2.86. The van der Waals surface area contributed by atoms with Crippen LogP contribution in [0, 0.1) is 18.3 Å². The molecule has 1 unspecified atom stereocenters. The predicted octanol–water partition coefficient (Wildman–Crippen LogP) is 1.00. The van der Waals surface area contributed by atoms with Gasteiger partial charge in [-0.25, -0.2) is 0 Å². The number of nitrogens with one attached hydrogen (secondary N) is 1. The van der Waals surface area contributed by atoms with Gasteiger partial charge in [-0.05, 0) is 38.1 Å². The van der Waals surface area contributed by atoms with Crippen LogP contribution in [-0.4, -0.2) is 36.5 Å². The van der Waals surface area contributed by atoms with E-state index in [2.05, 4.69) is 11.2 Å². The van der Waals surface area contributed by atoms with E-state index in [9.17, 15) is 4.79 Å². The van der Waals surface area contributed by atoms with Crippen LogP contribution >= 0.6 is 0 Å². The van der Waals surface area contributed by atoms with Gasteiger partial charge < -0.3 is 10.2 Å². The summed E-state index contributed by atoms with van der Waals surface area (Å²) in [5.41, 5.74) is 0. The van der Waals surface area contributed by atoms with E-state index in [0.29, 0.717) is 6.04 Å². The molecule has 2 heterocycles. The molecule has 2 aliphatic heterocycles. The van der Waals surface area contributed by atoms with E-state index in [-0.39, 0.29) is 12.3 Å². The maximum absolute atomic E-state index is 11.6. The minimum Gasteiger partial charge on any atom is -0.342 e. The zero-order valence-electron chi connectivity index (χ0n) is 9.74. The summed E-state index contributed by atoms with van der Waals surface area (Å²) in [6, 6.07) is 0.699. The molecule has 0 spiro atoms. The van der Waals surface area contributed by atoms with E-state index >= 15 is 0 Å². The van der Waals surface area contributed by atoms with Gasteiger partial charge in [-0.15, -0.1) is 6.42 Å². The van der Waals surface area contributed by atoms with Gasteiger partial charge in [-0.2, -0.15) is 0 Å². The zero-order valence-corrected chi connectivity index (χ0v) is 9.74. The Balaban J connectivity index is 1.78. The van der Waals surface area contributed by atoms with Crippen LogP contribution in [0.15, 0.2) is 0 Å². The van der Waals surface area contributed by atoms with Crippen LogP contribution in [0.4, 0.5) is 0 Å². The second-order valence-electron chi connectivity index (χ2n) is 4.80. The van der Waals surface area contributed by atoms with Gasteiger partial charge in [-0.3, -0.25) is 4.79 Å². The molecule has 16 heavy (non-hydrogen) atoms. The molecule has 3 nitrogen and oxygen atoms in total. The summed E-state index contributed by atoms with van der Waals surface area (Å²) < 4.78 is 0. The molecule has 1 atom stereocenters. The summed E-state index contributed by atoms with van der Waals surface area (Å²) in [5, 5.41) is 3.56. The van der Waals surface area contributed by atoms with Crippen molar-refractivity contribution in [3.05, 3.63) is 0 Å². The predicted molar refractivity (Wildman–Crippen MR) is 63.8 cm³/mol. The van der Waals surface area contributed by atoms with Gasteiger partial charge in [0, 0.05) is 19.1 Å². The van der Waals surface area contributed by atoms with Crippen LogP contribution in [0.2, 0.25) is 0 Å². The molecule has 2 rings (SSSR count). The lowest BCUT2D eigenvalue weighted by Gasteiger charge is -2.34. The van der Waals surface area contributed by atoms with Crippen molar-refractivity contribution in [1.82, 2.24) is 10.2 Å². The summed E-state index contributed by atoms with van der Waals surface area (Å²) >= 11 is 0. The number of likely N-dealkylation sites (tertiary alicyclic amines) is 1. The summed E-state index contributed by atoms with van der Waals surface area (Å²) in [5.74, 6) is 3.31. The molecule has 0 aromatic rings. The monoisotopic (exact) mass is 220 g/mol. The molecule has 88 valence electrons. The van der Waals surface area contributed by atoms with E-state index < -0.39 is 0 Å². The highest BCUT2D eigenvalue weighted by Gasteiger charge is 2.29. The van der Waals surface area contributed by atoms with Gasteiger partial charge in [0.15, 0.2) is 0 Å². The quantitative estimate of drug-likeness (QED) is 0.704. The number of amides is 1. The molecule has 0 aromatic carbocycles. The van der Waals surface area contributed by atoms with E-state index in [1.54, 1.807) is 0 Å². The number of piperidine rings is 1. The number of hydrogen-bond acceptors (Lipinski definition) is 2. The fraction of sp³-hybridized carbons (Fsp3) is 0.769. The molecule has 0 aromatic heterocycles. The first kappa shape index (κ1) is 11.5. The van der Waals surface area contributed by atoms with Crippen LogP contribution in [0.25, 0.3) is 0 Å². The van der Waals surface area contributed by atoms with Crippen molar-refractivity contribution in [1.29, 1.82) is 0 Å². The van der Waals surface area contributed by atoms with Crippen molar-refractivity contribution >= 4 is 5.91 Å². The van der Waals surface area contributed by atoms with Crippen LogP contribution in [0.5, 0.6) is 0 Å². The molecule has 2 aliphatic rings. The Bertz CT molecular complexity index is 281. The summed E-state index contributed by atoms with van der Waals surface area (Å²) in [6.45, 7) is 2.95. The van der Waals surface area contributed by atoms with E-state index in [4.69, 9.17) is 6.42 Å². The highest BCUT2D eigenvalue weighted by molar-refractivity contribution is 5.78. The maximum Gasteiger partial charge on any atom is 0.234 e. The Morgan fingerprint density at radius 1 is 1.38 bits per heavy atom. The lowest BCUT2D eigenvalue weighted by molar-refractivity contribution is -0.131. The average molecular weight is 220 g/mol. The van der Waals surface area contributed by atoms with Gasteiger partial charge in [0.05, 0.1) is 6.42 Å². The average Bonchev–Trinajstić information content (AvgIpc) is 2.83. The van der Waals surface area contributed by atoms with Crippen molar-refractivity contribution in [3.8, 4) is 12.3 Å². The molecular weight excluding hydrogens is 200 g/mol. The number of rotatable bonds is 2. The SMILES string of the molecule is C#CCC(=O)N1CCC(C2CCCN2)CC1. The third-order valence-corrected chi connectivity index (χ3v) is 3.81. The molecule has 1 amide bonds. The number of hydrogen-bond donors (Lipinski definition) is 1. The first-order valence-corrected chi connectivity index (χ1v) is 6.26. The van der Waals surface area contributed by atoms with E-state index in [0.717, 1.165) is 31.8 Å². The topological polar surface area (TPSA) is 32.3 Å². The molecule has 3 heteroatoms. The third kappa shape index (κ3) is 2.56.